The molecule has 0 unspecified atom stereocenters. The van der Waals surface area contributed by atoms with Gasteiger partial charge in [-0.1, -0.05) is 5.16 Å². The van der Waals surface area contributed by atoms with Crippen LogP contribution in [-0.2, 0) is 11.8 Å². The average Bonchev–Trinajstić information content (AvgIpc) is 2.61. The molecule has 0 aromatic carbocycles. The zero-order valence-corrected chi connectivity index (χ0v) is 11.7. The Morgan fingerprint density at radius 2 is 1.82 bits per heavy atom. The molecule has 2 N–H and O–H groups in total. The minimum atomic E-state index is -0.404. The molecule has 1 aromatic rings. The quantitative estimate of drug-likeness (QED) is 0.837. The first-order valence-electron chi connectivity index (χ1n) is 5.91. The van der Waals surface area contributed by atoms with Gasteiger partial charge in [-0.25, -0.2) is 0 Å². The highest BCUT2D eigenvalue weighted by atomic mass is 16.5. The summed E-state index contributed by atoms with van der Waals surface area (Å²) in [6.07, 6.45) is 0.789. The van der Waals surface area contributed by atoms with Gasteiger partial charge < -0.3 is 15.2 Å². The molecule has 0 radical (unpaired) electrons. The van der Waals surface area contributed by atoms with E-state index in [2.05, 4.69) is 15.0 Å². The van der Waals surface area contributed by atoms with Gasteiger partial charge in [0.05, 0.1) is 5.41 Å². The van der Waals surface area contributed by atoms with Crippen LogP contribution in [-0.4, -0.2) is 41.2 Å². The molecule has 1 rings (SSSR count). The van der Waals surface area contributed by atoms with Gasteiger partial charge in [-0.15, -0.1) is 0 Å². The maximum atomic E-state index is 6.14. The van der Waals surface area contributed by atoms with Crippen LogP contribution in [0, 0.1) is 0 Å². The summed E-state index contributed by atoms with van der Waals surface area (Å²) in [4.78, 5) is 6.53. The highest BCUT2D eigenvalue weighted by Crippen LogP contribution is 2.31. The van der Waals surface area contributed by atoms with Crippen molar-refractivity contribution >= 4 is 0 Å². The van der Waals surface area contributed by atoms with Gasteiger partial charge in [0.1, 0.15) is 0 Å². The van der Waals surface area contributed by atoms with Crippen LogP contribution in [0.15, 0.2) is 4.52 Å². The van der Waals surface area contributed by atoms with E-state index in [0.29, 0.717) is 5.89 Å². The van der Waals surface area contributed by atoms with Crippen LogP contribution in [0.25, 0.3) is 0 Å². The zero-order valence-electron chi connectivity index (χ0n) is 11.7. The van der Waals surface area contributed by atoms with Gasteiger partial charge in [0.2, 0.25) is 5.89 Å². The summed E-state index contributed by atoms with van der Waals surface area (Å²) in [5.74, 6) is 1.35. The third kappa shape index (κ3) is 3.26. The zero-order chi connectivity index (χ0) is 13.3. The van der Waals surface area contributed by atoms with Gasteiger partial charge in [0.15, 0.2) is 5.82 Å². The number of nitrogens with two attached hydrogens (primary N) is 1. The van der Waals surface area contributed by atoms with Crippen molar-refractivity contribution in [2.24, 2.45) is 5.73 Å². The lowest BCUT2D eigenvalue weighted by Crippen LogP contribution is -2.50. The maximum absolute atomic E-state index is 6.14. The Bertz CT molecular complexity index is 363. The van der Waals surface area contributed by atoms with Gasteiger partial charge in [-0.2, -0.15) is 4.98 Å². The molecular formula is C12H24N4O. The second kappa shape index (κ2) is 4.74. The molecule has 5 nitrogen and oxygen atoms in total. The fourth-order valence-corrected chi connectivity index (χ4v) is 1.21. The predicted molar refractivity (Wildman–Crippen MR) is 67.8 cm³/mol. The second-order valence-corrected chi connectivity index (χ2v) is 5.92. The Labute approximate surface area is 103 Å². The van der Waals surface area contributed by atoms with Gasteiger partial charge >= 0.3 is 0 Å². The average molecular weight is 240 g/mol. The smallest absolute Gasteiger partial charge is 0.234 e. The first-order chi connectivity index (χ1) is 7.64. The molecule has 1 heterocycles. The lowest BCUT2D eigenvalue weighted by molar-refractivity contribution is 0.222. The Morgan fingerprint density at radius 1 is 1.24 bits per heavy atom. The minimum absolute atomic E-state index is 0.337. The van der Waals surface area contributed by atoms with Crippen molar-refractivity contribution in [1.29, 1.82) is 0 Å². The van der Waals surface area contributed by atoms with Crippen LogP contribution >= 0.6 is 0 Å². The molecular weight excluding hydrogens is 216 g/mol. The summed E-state index contributed by atoms with van der Waals surface area (Å²) in [5, 5.41) is 4.00. The fourth-order valence-electron chi connectivity index (χ4n) is 1.21. The van der Waals surface area contributed by atoms with Crippen LogP contribution in [0.2, 0.25) is 0 Å². The standard InChI is InChI=1S/C12H24N4O/c1-11(2,12(3,4)13)10-14-9(15-17-10)7-8-16(5)6/h7-8,13H2,1-6H3. The number of hydrogen-bond acceptors (Lipinski definition) is 5. The molecule has 0 atom stereocenters. The van der Waals surface area contributed by atoms with E-state index < -0.39 is 5.54 Å². The number of rotatable bonds is 5. The molecule has 0 saturated carbocycles. The van der Waals surface area contributed by atoms with Crippen LogP contribution in [0.5, 0.6) is 0 Å². The van der Waals surface area contributed by atoms with Crippen molar-refractivity contribution in [3.8, 4) is 0 Å². The van der Waals surface area contributed by atoms with Gasteiger partial charge in [-0.05, 0) is 41.8 Å². The first kappa shape index (κ1) is 14.1. The largest absolute Gasteiger partial charge is 0.339 e. The molecule has 0 bridgehead atoms. The fraction of sp³-hybridized carbons (Fsp3) is 0.833. The molecule has 0 aliphatic carbocycles. The molecule has 0 spiro atoms. The van der Waals surface area contributed by atoms with E-state index in [1.807, 2.05) is 41.8 Å². The summed E-state index contributed by atoms with van der Waals surface area (Å²) in [5.41, 5.74) is 5.40. The van der Waals surface area contributed by atoms with Crippen molar-refractivity contribution in [3.05, 3.63) is 11.7 Å². The highest BCUT2D eigenvalue weighted by molar-refractivity contribution is 5.10. The van der Waals surface area contributed by atoms with Gasteiger partial charge in [0.25, 0.3) is 0 Å². The highest BCUT2D eigenvalue weighted by Gasteiger charge is 2.40. The summed E-state index contributed by atoms with van der Waals surface area (Å²) >= 11 is 0. The molecule has 0 fully saturated rings. The Kier molecular flexibility index (Phi) is 3.94. The lowest BCUT2D eigenvalue weighted by atomic mass is 9.75. The third-order valence-corrected chi connectivity index (χ3v) is 3.40. The topological polar surface area (TPSA) is 68.2 Å². The molecule has 0 amide bonds. The van der Waals surface area contributed by atoms with Crippen molar-refractivity contribution in [1.82, 2.24) is 15.0 Å². The van der Waals surface area contributed by atoms with E-state index in [9.17, 15) is 0 Å². The second-order valence-electron chi connectivity index (χ2n) is 5.92. The molecule has 98 valence electrons. The molecule has 17 heavy (non-hydrogen) atoms. The third-order valence-electron chi connectivity index (χ3n) is 3.40. The first-order valence-corrected chi connectivity index (χ1v) is 5.91. The van der Waals surface area contributed by atoms with Crippen molar-refractivity contribution in [3.63, 3.8) is 0 Å². The molecule has 5 heteroatoms. The Balaban J connectivity index is 2.81. The normalized spacial score (nSPS) is 13.4. The molecule has 1 aromatic heterocycles. The van der Waals surface area contributed by atoms with Crippen LogP contribution in [0.3, 0.4) is 0 Å². The number of aromatic nitrogens is 2. The van der Waals surface area contributed by atoms with Crippen molar-refractivity contribution < 1.29 is 4.52 Å². The lowest BCUT2D eigenvalue weighted by Gasteiger charge is -2.34. The number of hydrogen-bond donors (Lipinski definition) is 1. The summed E-state index contributed by atoms with van der Waals surface area (Å²) in [6.45, 7) is 8.89. The number of nitrogens with zero attached hydrogens (tertiary/aromatic N) is 3. The van der Waals surface area contributed by atoms with E-state index in [0.717, 1.165) is 18.8 Å². The number of likely N-dealkylation sites (N-methyl/N-ethyl adjacent to an activating group) is 1. The molecule has 0 aliphatic rings. The summed E-state index contributed by atoms with van der Waals surface area (Å²) < 4.78 is 5.33. The Morgan fingerprint density at radius 3 is 2.29 bits per heavy atom. The predicted octanol–water partition coefficient (Wildman–Crippen LogP) is 1.19. The van der Waals surface area contributed by atoms with Crippen molar-refractivity contribution in [2.45, 2.75) is 45.1 Å². The van der Waals surface area contributed by atoms with Crippen LogP contribution < -0.4 is 5.73 Å². The summed E-state index contributed by atoms with van der Waals surface area (Å²) in [7, 11) is 4.04. The van der Waals surface area contributed by atoms with E-state index in [1.165, 1.54) is 0 Å². The molecule has 0 aliphatic heterocycles. The minimum Gasteiger partial charge on any atom is -0.339 e. The summed E-state index contributed by atoms with van der Waals surface area (Å²) in [6, 6.07) is 0. The van der Waals surface area contributed by atoms with E-state index >= 15 is 0 Å². The molecule has 0 saturated heterocycles. The van der Waals surface area contributed by atoms with Crippen molar-refractivity contribution in [2.75, 3.05) is 20.6 Å². The van der Waals surface area contributed by atoms with Crippen LogP contribution in [0.1, 0.15) is 39.4 Å². The Hall–Kier alpha value is -0.940. The monoisotopic (exact) mass is 240 g/mol. The van der Waals surface area contributed by atoms with Gasteiger partial charge in [0, 0.05) is 18.5 Å². The SMILES string of the molecule is CN(C)CCc1noc(C(C)(C)C(C)(C)N)n1. The van der Waals surface area contributed by atoms with E-state index in [-0.39, 0.29) is 5.41 Å². The van der Waals surface area contributed by atoms with E-state index in [1.54, 1.807) is 0 Å². The van der Waals surface area contributed by atoms with Gasteiger partial charge in [-0.3, -0.25) is 0 Å². The maximum Gasteiger partial charge on any atom is 0.234 e. The van der Waals surface area contributed by atoms with Crippen LogP contribution in [0.4, 0.5) is 0 Å². The van der Waals surface area contributed by atoms with E-state index in [4.69, 9.17) is 10.3 Å².